The van der Waals surface area contributed by atoms with Crippen molar-refractivity contribution in [1.82, 2.24) is 9.13 Å². The fraction of sp³-hybridized carbons (Fsp3) is 0.327. The van der Waals surface area contributed by atoms with Gasteiger partial charge in [-0.15, -0.1) is 0 Å². The van der Waals surface area contributed by atoms with Crippen molar-refractivity contribution in [1.29, 1.82) is 5.26 Å². The van der Waals surface area contributed by atoms with E-state index in [0.717, 1.165) is 62.0 Å². The lowest BCUT2D eigenvalue weighted by atomic mass is 9.86. The number of alkyl halides is 6. The zero-order chi connectivity index (χ0) is 46.9. The zero-order valence-electron chi connectivity index (χ0n) is 38.4. The minimum atomic E-state index is -5.21. The van der Waals surface area contributed by atoms with Crippen LogP contribution in [-0.4, -0.2) is 9.13 Å². The molecule has 6 aromatic carbocycles. The Hall–Kier alpha value is -6.01. The lowest BCUT2D eigenvalue weighted by Gasteiger charge is -2.26. The number of benzene rings is 6. The molecule has 0 amide bonds. The predicted octanol–water partition coefficient (Wildman–Crippen LogP) is 16.6. The van der Waals surface area contributed by atoms with Gasteiger partial charge in [0.2, 0.25) is 0 Å². The highest BCUT2D eigenvalue weighted by Crippen LogP contribution is 2.51. The first-order chi connectivity index (χ1) is 29.5. The molecule has 0 saturated heterocycles. The lowest BCUT2D eigenvalue weighted by molar-refractivity contribution is -0.142. The van der Waals surface area contributed by atoms with Crippen LogP contribution < -0.4 is 0 Å². The highest BCUT2D eigenvalue weighted by molar-refractivity contribution is 6.12. The van der Waals surface area contributed by atoms with Crippen LogP contribution in [0.15, 0.2) is 103 Å². The van der Waals surface area contributed by atoms with Gasteiger partial charge in [-0.3, -0.25) is 0 Å². The van der Waals surface area contributed by atoms with Gasteiger partial charge in [0.15, 0.2) is 0 Å². The topological polar surface area (TPSA) is 33.6 Å². The Labute approximate surface area is 370 Å². The largest absolute Gasteiger partial charge is 0.417 e. The molecule has 2 heterocycles. The number of hydrogen-bond acceptors (Lipinski definition) is 1. The molecule has 0 aliphatic rings. The summed E-state index contributed by atoms with van der Waals surface area (Å²) in [5.74, 6) is 0. The van der Waals surface area contributed by atoms with Gasteiger partial charge in [-0.1, -0.05) is 138 Å². The number of nitriles is 1. The van der Waals surface area contributed by atoms with Crippen LogP contribution in [0, 0.1) is 11.3 Å². The van der Waals surface area contributed by atoms with Gasteiger partial charge in [0.1, 0.15) is 0 Å². The molecule has 0 fully saturated rings. The number of aromatic nitrogens is 2. The molecule has 64 heavy (non-hydrogen) atoms. The van der Waals surface area contributed by atoms with Crippen LogP contribution in [0.25, 0.3) is 66.1 Å². The quantitative estimate of drug-likeness (QED) is 0.163. The summed E-state index contributed by atoms with van der Waals surface area (Å²) in [7, 11) is 0. The van der Waals surface area contributed by atoms with Gasteiger partial charge in [-0.25, -0.2) is 0 Å². The van der Waals surface area contributed by atoms with E-state index in [4.69, 9.17) is 0 Å². The van der Waals surface area contributed by atoms with Gasteiger partial charge in [0.25, 0.3) is 0 Å². The van der Waals surface area contributed by atoms with Crippen molar-refractivity contribution in [3.05, 3.63) is 142 Å². The molecular formula is C55H53F6N3. The Morgan fingerprint density at radius 1 is 0.391 bits per heavy atom. The average molecular weight is 870 g/mol. The normalized spacial score (nSPS) is 13.5. The highest BCUT2D eigenvalue weighted by atomic mass is 19.4. The fourth-order valence-corrected chi connectivity index (χ4v) is 9.00. The van der Waals surface area contributed by atoms with Crippen LogP contribution in [0.2, 0.25) is 0 Å². The second kappa shape index (κ2) is 14.5. The van der Waals surface area contributed by atoms with Crippen molar-refractivity contribution >= 4 is 43.6 Å². The molecule has 2 aromatic heterocycles. The molecule has 8 aromatic rings. The molecular weight excluding hydrogens is 817 g/mol. The minimum Gasteiger partial charge on any atom is -0.308 e. The summed E-state index contributed by atoms with van der Waals surface area (Å²) in [5, 5.41) is 14.0. The second-order valence-corrected chi connectivity index (χ2v) is 21.3. The zero-order valence-corrected chi connectivity index (χ0v) is 38.4. The Morgan fingerprint density at radius 3 is 0.906 bits per heavy atom. The van der Waals surface area contributed by atoms with Crippen molar-refractivity contribution in [3.8, 4) is 28.6 Å². The number of rotatable bonds is 3. The van der Waals surface area contributed by atoms with E-state index in [0.29, 0.717) is 22.1 Å². The third-order valence-electron chi connectivity index (χ3n) is 12.6. The highest BCUT2D eigenvalue weighted by Gasteiger charge is 2.43. The molecule has 0 spiro atoms. The van der Waals surface area contributed by atoms with E-state index in [1.807, 2.05) is 156 Å². The van der Waals surface area contributed by atoms with Gasteiger partial charge in [-0.05, 0) is 92.4 Å². The molecule has 0 radical (unpaired) electrons. The van der Waals surface area contributed by atoms with Gasteiger partial charge < -0.3 is 9.13 Å². The maximum atomic E-state index is 15.7. The second-order valence-electron chi connectivity index (χ2n) is 21.3. The summed E-state index contributed by atoms with van der Waals surface area (Å²) in [5.41, 5.74) is 0.393. The number of fused-ring (bicyclic) bond motifs is 6. The third-order valence-corrected chi connectivity index (χ3v) is 12.6. The van der Waals surface area contributed by atoms with Gasteiger partial charge >= 0.3 is 12.4 Å². The van der Waals surface area contributed by atoms with E-state index in [-0.39, 0.29) is 44.2 Å². The summed E-state index contributed by atoms with van der Waals surface area (Å²) in [6.07, 6.45) is -10.4. The van der Waals surface area contributed by atoms with Crippen molar-refractivity contribution in [3.63, 3.8) is 0 Å². The van der Waals surface area contributed by atoms with Crippen molar-refractivity contribution in [2.24, 2.45) is 0 Å². The van der Waals surface area contributed by atoms with Crippen molar-refractivity contribution < 1.29 is 26.3 Å². The molecule has 330 valence electrons. The molecule has 0 saturated carbocycles. The summed E-state index contributed by atoms with van der Waals surface area (Å²) < 4.78 is 97.8. The van der Waals surface area contributed by atoms with Crippen molar-refractivity contribution in [2.75, 3.05) is 0 Å². The summed E-state index contributed by atoms with van der Waals surface area (Å²) in [6.45, 7) is 24.6. The maximum Gasteiger partial charge on any atom is 0.417 e. The molecule has 8 rings (SSSR count). The smallest absolute Gasteiger partial charge is 0.308 e. The first-order valence-corrected chi connectivity index (χ1v) is 21.5. The number of hydrogen-bond donors (Lipinski definition) is 0. The molecule has 0 aliphatic heterocycles. The van der Waals surface area contributed by atoms with E-state index in [1.54, 1.807) is 9.13 Å². The van der Waals surface area contributed by atoms with Crippen LogP contribution in [0.1, 0.15) is 122 Å². The number of halogens is 6. The summed E-state index contributed by atoms with van der Waals surface area (Å²) in [6, 6.07) is 31.3. The van der Waals surface area contributed by atoms with Gasteiger partial charge in [-0.2, -0.15) is 31.6 Å². The van der Waals surface area contributed by atoms with Crippen LogP contribution in [-0.2, 0) is 34.0 Å². The molecule has 0 unspecified atom stereocenters. The Morgan fingerprint density at radius 2 is 0.672 bits per heavy atom. The molecule has 0 aliphatic carbocycles. The van der Waals surface area contributed by atoms with E-state index in [9.17, 15) is 5.26 Å². The monoisotopic (exact) mass is 869 g/mol. The van der Waals surface area contributed by atoms with E-state index >= 15 is 26.3 Å². The lowest BCUT2D eigenvalue weighted by Crippen LogP contribution is -2.17. The van der Waals surface area contributed by atoms with Gasteiger partial charge in [0, 0.05) is 32.7 Å². The van der Waals surface area contributed by atoms with E-state index in [1.165, 1.54) is 12.1 Å². The molecule has 0 bridgehead atoms. The fourth-order valence-electron chi connectivity index (χ4n) is 9.00. The van der Waals surface area contributed by atoms with Crippen LogP contribution in [0.5, 0.6) is 0 Å². The predicted molar refractivity (Wildman–Crippen MR) is 250 cm³/mol. The molecule has 3 nitrogen and oxygen atoms in total. The molecule has 0 N–H and O–H groups in total. The van der Waals surface area contributed by atoms with Crippen LogP contribution >= 0.6 is 0 Å². The van der Waals surface area contributed by atoms with Gasteiger partial charge in [0.05, 0.1) is 56.2 Å². The summed E-state index contributed by atoms with van der Waals surface area (Å²) in [4.78, 5) is 0. The minimum absolute atomic E-state index is 0.0160. The van der Waals surface area contributed by atoms with Crippen molar-refractivity contribution in [2.45, 2.75) is 117 Å². The van der Waals surface area contributed by atoms with E-state index < -0.39 is 29.0 Å². The maximum absolute atomic E-state index is 15.7. The standard InChI is InChI=1S/C55H53F6N3/c1-50(2,3)32-16-20-36-37-21-17-33(51(4,5)6)27-43(37)63(42(36)26-32)46-24-31(30-62)25-47(49(46)48-40(54(56,57)58)14-13-15-41(48)55(59,60)61)64-44-28-34(52(7,8)9)18-22-38(44)39-23-19-35(29-45(39)64)53(10,11)12/h13-29H,1-12H3. The number of nitrogens with zero attached hydrogens (tertiary/aromatic N) is 3. The third kappa shape index (κ3) is 7.53. The van der Waals surface area contributed by atoms with Crippen LogP contribution in [0.3, 0.4) is 0 Å². The molecule has 9 heteroatoms. The Bertz CT molecular complexity index is 2880. The Kier molecular flexibility index (Phi) is 10.1. The van der Waals surface area contributed by atoms with Crippen LogP contribution in [0.4, 0.5) is 26.3 Å². The average Bonchev–Trinajstić information content (AvgIpc) is 3.69. The first kappa shape index (κ1) is 44.6. The first-order valence-electron chi connectivity index (χ1n) is 21.5. The van der Waals surface area contributed by atoms with E-state index in [2.05, 4.69) is 6.07 Å². The SMILES string of the molecule is CC(C)(C)c1ccc2c3ccc(C(C)(C)C)cc3n(-c3cc(C#N)cc(-n4c5cc(C(C)(C)C)ccc5c5ccc(C(C)(C)C)cc54)c3-c3c(C(F)(F)F)cccc3C(F)(F)F)c2c1. The molecule has 0 atom stereocenters. The Balaban J connectivity index is 1.73. The summed E-state index contributed by atoms with van der Waals surface area (Å²) >= 11 is 0.